The Balaban J connectivity index is 0.000000266. The van der Waals surface area contributed by atoms with Crippen LogP contribution in [0.4, 0.5) is 4.79 Å². The third kappa shape index (κ3) is 6.75. The van der Waals surface area contributed by atoms with Gasteiger partial charge in [0.15, 0.2) is 0 Å². The quantitative estimate of drug-likeness (QED) is 0.583. The molecule has 4 aliphatic rings. The third-order valence-corrected chi connectivity index (χ3v) is 4.98. The van der Waals surface area contributed by atoms with Crippen LogP contribution >= 0.6 is 24.8 Å². The van der Waals surface area contributed by atoms with E-state index in [0.29, 0.717) is 12.1 Å². The van der Waals surface area contributed by atoms with Crippen LogP contribution in [0.1, 0.15) is 46.5 Å². The SMILES string of the molecule is C1CC2CNCC1N2.CC(C)(C)OC(=O)N1CC2CCC(C1)N2.Cl.Cl. The lowest BCUT2D eigenvalue weighted by Crippen LogP contribution is -2.53. The molecule has 4 heterocycles. The standard InChI is InChI=1S/C11H20N2O2.C6H12N2.2ClH/c1-11(2,3)15-10(14)13-6-8-4-5-9(7-13)12-8;1-2-6-4-7-3-5(1)8-6;;/h8-9,12H,4-7H2,1-3H3;5-8H,1-4H2;2*1H. The van der Waals surface area contributed by atoms with Crippen molar-refractivity contribution >= 4 is 30.9 Å². The van der Waals surface area contributed by atoms with E-state index in [4.69, 9.17) is 4.74 Å². The summed E-state index contributed by atoms with van der Waals surface area (Å²) in [6, 6.07) is 2.56. The number of likely N-dealkylation sites (tertiary alicyclic amines) is 1. The van der Waals surface area contributed by atoms with Gasteiger partial charge in [0, 0.05) is 50.3 Å². The van der Waals surface area contributed by atoms with Crippen LogP contribution in [0.5, 0.6) is 0 Å². The number of ether oxygens (including phenoxy) is 1. The molecule has 0 spiro atoms. The molecule has 0 aromatic heterocycles. The minimum atomic E-state index is -0.388. The van der Waals surface area contributed by atoms with Gasteiger partial charge in [-0.3, -0.25) is 0 Å². The molecule has 4 aliphatic heterocycles. The van der Waals surface area contributed by atoms with Crippen molar-refractivity contribution in [1.29, 1.82) is 0 Å². The fraction of sp³-hybridized carbons (Fsp3) is 0.941. The van der Waals surface area contributed by atoms with Crippen LogP contribution < -0.4 is 16.0 Å². The maximum Gasteiger partial charge on any atom is 0.410 e. The maximum absolute atomic E-state index is 11.8. The largest absolute Gasteiger partial charge is 0.444 e. The van der Waals surface area contributed by atoms with Crippen LogP contribution in [0.15, 0.2) is 0 Å². The van der Waals surface area contributed by atoms with Crippen LogP contribution in [-0.4, -0.2) is 66.9 Å². The summed E-state index contributed by atoms with van der Waals surface area (Å²) < 4.78 is 5.36. The highest BCUT2D eigenvalue weighted by Crippen LogP contribution is 2.21. The second kappa shape index (κ2) is 9.60. The third-order valence-electron chi connectivity index (χ3n) is 4.98. The van der Waals surface area contributed by atoms with Crippen molar-refractivity contribution in [3.8, 4) is 0 Å². The van der Waals surface area contributed by atoms with Gasteiger partial charge in [0.05, 0.1) is 0 Å². The van der Waals surface area contributed by atoms with Gasteiger partial charge < -0.3 is 25.6 Å². The minimum absolute atomic E-state index is 0. The molecule has 8 heteroatoms. The van der Waals surface area contributed by atoms with Gasteiger partial charge in [0.25, 0.3) is 0 Å². The summed E-state index contributed by atoms with van der Waals surface area (Å²) in [6.45, 7) is 9.69. The van der Waals surface area contributed by atoms with Crippen molar-refractivity contribution in [3.05, 3.63) is 0 Å². The number of fused-ring (bicyclic) bond motifs is 4. The summed E-state index contributed by atoms with van der Waals surface area (Å²) in [5.74, 6) is 0. The highest BCUT2D eigenvalue weighted by molar-refractivity contribution is 5.85. The number of carbonyl (C=O) groups is 1. The van der Waals surface area contributed by atoms with Gasteiger partial charge in [0.1, 0.15) is 5.60 Å². The predicted molar refractivity (Wildman–Crippen MR) is 105 cm³/mol. The van der Waals surface area contributed by atoms with E-state index in [0.717, 1.165) is 25.2 Å². The molecule has 0 aromatic rings. The van der Waals surface area contributed by atoms with Crippen LogP contribution in [0, 0.1) is 0 Å². The van der Waals surface area contributed by atoms with Gasteiger partial charge in [0.2, 0.25) is 0 Å². The Morgan fingerprint density at radius 2 is 1.32 bits per heavy atom. The molecule has 1 amide bonds. The maximum atomic E-state index is 11.8. The minimum Gasteiger partial charge on any atom is -0.444 e. The molecular weight excluding hydrogens is 363 g/mol. The Morgan fingerprint density at radius 1 is 0.880 bits per heavy atom. The topological polar surface area (TPSA) is 65.6 Å². The van der Waals surface area contributed by atoms with E-state index >= 15 is 0 Å². The first kappa shape index (κ1) is 22.8. The average molecular weight is 397 g/mol. The molecule has 148 valence electrons. The first-order valence-electron chi connectivity index (χ1n) is 9.10. The molecule has 0 aliphatic carbocycles. The lowest BCUT2D eigenvalue weighted by Gasteiger charge is -2.34. The van der Waals surface area contributed by atoms with E-state index in [1.165, 1.54) is 38.8 Å². The smallest absolute Gasteiger partial charge is 0.410 e. The van der Waals surface area contributed by atoms with E-state index in [1.807, 2.05) is 25.7 Å². The molecule has 4 fully saturated rings. The van der Waals surface area contributed by atoms with Crippen molar-refractivity contribution in [1.82, 2.24) is 20.9 Å². The highest BCUT2D eigenvalue weighted by atomic mass is 35.5. The number of nitrogens with zero attached hydrogens (tertiary/aromatic N) is 1. The number of amides is 1. The van der Waals surface area contributed by atoms with Crippen molar-refractivity contribution in [2.75, 3.05) is 26.2 Å². The van der Waals surface area contributed by atoms with E-state index in [2.05, 4.69) is 16.0 Å². The van der Waals surface area contributed by atoms with Crippen molar-refractivity contribution in [2.24, 2.45) is 0 Å². The number of carbonyl (C=O) groups excluding carboxylic acids is 1. The van der Waals surface area contributed by atoms with Gasteiger partial charge in [-0.1, -0.05) is 0 Å². The first-order valence-corrected chi connectivity index (χ1v) is 9.10. The molecule has 4 bridgehead atoms. The Labute approximate surface area is 164 Å². The van der Waals surface area contributed by atoms with E-state index < -0.39 is 0 Å². The van der Waals surface area contributed by atoms with Crippen molar-refractivity contribution in [2.45, 2.75) is 76.2 Å². The number of hydrogen-bond acceptors (Lipinski definition) is 5. The van der Waals surface area contributed by atoms with Crippen LogP contribution in [0.25, 0.3) is 0 Å². The average Bonchev–Trinajstić information content (AvgIpc) is 2.99. The van der Waals surface area contributed by atoms with E-state index in [1.54, 1.807) is 0 Å². The Kier molecular flexibility index (Phi) is 8.75. The molecular formula is C17H34Cl2N4O2. The van der Waals surface area contributed by atoms with Crippen LogP contribution in [0.3, 0.4) is 0 Å². The lowest BCUT2D eigenvalue weighted by atomic mass is 10.2. The van der Waals surface area contributed by atoms with Crippen LogP contribution in [-0.2, 0) is 4.74 Å². The second-order valence-electron chi connectivity index (χ2n) is 8.32. The molecule has 4 atom stereocenters. The summed E-state index contributed by atoms with van der Waals surface area (Å²) >= 11 is 0. The molecule has 6 nitrogen and oxygen atoms in total. The van der Waals surface area contributed by atoms with Crippen molar-refractivity contribution < 1.29 is 9.53 Å². The Hall–Kier alpha value is -0.270. The molecule has 4 unspecified atom stereocenters. The molecule has 4 saturated heterocycles. The molecule has 0 aromatic carbocycles. The van der Waals surface area contributed by atoms with E-state index in [-0.39, 0.29) is 36.5 Å². The molecule has 0 radical (unpaired) electrons. The monoisotopic (exact) mass is 396 g/mol. The molecule has 0 saturated carbocycles. The van der Waals surface area contributed by atoms with E-state index in [9.17, 15) is 4.79 Å². The summed E-state index contributed by atoms with van der Waals surface area (Å²) in [7, 11) is 0. The number of hydrogen-bond donors (Lipinski definition) is 3. The van der Waals surface area contributed by atoms with Gasteiger partial charge in [-0.15, -0.1) is 24.8 Å². The fourth-order valence-corrected chi connectivity index (χ4v) is 3.93. The predicted octanol–water partition coefficient (Wildman–Crippen LogP) is 1.91. The Bertz CT molecular complexity index is 407. The summed E-state index contributed by atoms with van der Waals surface area (Å²) in [4.78, 5) is 13.6. The van der Waals surface area contributed by atoms with Gasteiger partial charge in [-0.25, -0.2) is 4.79 Å². The first-order chi connectivity index (χ1) is 10.9. The fourth-order valence-electron chi connectivity index (χ4n) is 3.93. The highest BCUT2D eigenvalue weighted by Gasteiger charge is 2.35. The number of nitrogens with one attached hydrogen (secondary N) is 3. The number of halogens is 2. The lowest BCUT2D eigenvalue weighted by molar-refractivity contribution is 0.0189. The zero-order valence-electron chi connectivity index (χ0n) is 15.5. The molecule has 25 heavy (non-hydrogen) atoms. The van der Waals surface area contributed by atoms with Crippen molar-refractivity contribution in [3.63, 3.8) is 0 Å². The van der Waals surface area contributed by atoms with Gasteiger partial charge >= 0.3 is 6.09 Å². The van der Waals surface area contributed by atoms with Crippen LogP contribution in [0.2, 0.25) is 0 Å². The zero-order valence-corrected chi connectivity index (χ0v) is 17.2. The van der Waals surface area contributed by atoms with Gasteiger partial charge in [-0.2, -0.15) is 0 Å². The second-order valence-corrected chi connectivity index (χ2v) is 8.32. The molecule has 4 rings (SSSR count). The zero-order chi connectivity index (χ0) is 16.4. The number of rotatable bonds is 0. The molecule has 3 N–H and O–H groups in total. The summed E-state index contributed by atoms with van der Waals surface area (Å²) in [5.41, 5.74) is -0.388. The number of piperazine rings is 2. The summed E-state index contributed by atoms with van der Waals surface area (Å²) in [5, 5.41) is 10.4. The Morgan fingerprint density at radius 3 is 1.76 bits per heavy atom. The van der Waals surface area contributed by atoms with Gasteiger partial charge in [-0.05, 0) is 46.5 Å². The summed E-state index contributed by atoms with van der Waals surface area (Å²) in [6.07, 6.45) is 4.98. The normalized spacial score (nSPS) is 32.7.